The molecule has 1 heterocycles. The second-order valence-corrected chi connectivity index (χ2v) is 6.68. The van der Waals surface area contributed by atoms with E-state index >= 15 is 0 Å². The second-order valence-electron chi connectivity index (χ2n) is 5.87. The molecule has 29 heavy (non-hydrogen) atoms. The largest absolute Gasteiger partial charge is 0.455 e. The highest BCUT2D eigenvalue weighted by molar-refractivity contribution is 7.80. The molecule has 0 aliphatic heterocycles. The Morgan fingerprint density at radius 2 is 1.76 bits per heavy atom. The van der Waals surface area contributed by atoms with Crippen LogP contribution in [0.5, 0.6) is 11.5 Å². The van der Waals surface area contributed by atoms with E-state index in [0.29, 0.717) is 17.2 Å². The molecule has 9 heteroatoms. The first-order chi connectivity index (χ1) is 13.8. The van der Waals surface area contributed by atoms with E-state index < -0.39 is 11.7 Å². The minimum atomic E-state index is -4.50. The molecule has 2 N–H and O–H groups in total. The molecule has 4 nitrogen and oxygen atoms in total. The van der Waals surface area contributed by atoms with E-state index in [1.165, 1.54) is 0 Å². The molecule has 0 spiro atoms. The van der Waals surface area contributed by atoms with Crippen molar-refractivity contribution < 1.29 is 17.9 Å². The molecule has 0 amide bonds. The number of benzene rings is 2. The minimum Gasteiger partial charge on any atom is -0.455 e. The van der Waals surface area contributed by atoms with Gasteiger partial charge in [0.25, 0.3) is 0 Å². The molecular formula is C20H15ClF3N3OS. The van der Waals surface area contributed by atoms with Crippen molar-refractivity contribution in [3.63, 3.8) is 0 Å². The van der Waals surface area contributed by atoms with Crippen molar-refractivity contribution in [2.24, 2.45) is 0 Å². The van der Waals surface area contributed by atoms with Crippen molar-refractivity contribution in [3.05, 3.63) is 83.1 Å². The van der Waals surface area contributed by atoms with Gasteiger partial charge in [0.2, 0.25) is 0 Å². The third kappa shape index (κ3) is 5.82. The summed E-state index contributed by atoms with van der Waals surface area (Å²) in [7, 11) is 0. The summed E-state index contributed by atoms with van der Waals surface area (Å²) in [4.78, 5) is 3.77. The Balaban J connectivity index is 1.63. The SMILES string of the molecule is FC(F)(F)c1cnc(CNC(=S)Nc2ccccc2Oc2ccccc2)c(Cl)c1. The van der Waals surface area contributed by atoms with Crippen LogP contribution in [0.4, 0.5) is 18.9 Å². The van der Waals surface area contributed by atoms with E-state index in [1.54, 1.807) is 12.1 Å². The Hall–Kier alpha value is -2.84. The lowest BCUT2D eigenvalue weighted by Gasteiger charge is -2.15. The monoisotopic (exact) mass is 437 g/mol. The number of halogens is 4. The Morgan fingerprint density at radius 3 is 2.45 bits per heavy atom. The van der Waals surface area contributed by atoms with Crippen LogP contribution in [0.2, 0.25) is 5.02 Å². The number of hydrogen-bond donors (Lipinski definition) is 2. The number of ether oxygens (including phenoxy) is 1. The molecule has 1 aromatic heterocycles. The van der Waals surface area contributed by atoms with Crippen molar-refractivity contribution in [1.29, 1.82) is 0 Å². The number of nitrogens with zero attached hydrogens (tertiary/aromatic N) is 1. The fraction of sp³-hybridized carbons (Fsp3) is 0.100. The predicted octanol–water partition coefficient (Wildman–Crippen LogP) is 6.03. The maximum atomic E-state index is 12.7. The van der Waals surface area contributed by atoms with E-state index in [0.717, 1.165) is 12.3 Å². The second kappa shape index (κ2) is 9.11. The van der Waals surface area contributed by atoms with Crippen LogP contribution < -0.4 is 15.4 Å². The first kappa shape index (κ1) is 20.9. The van der Waals surface area contributed by atoms with Gasteiger partial charge in [0.05, 0.1) is 28.5 Å². The standard InChI is InChI=1S/C20H15ClF3N3OS/c21-15-10-13(20(22,23)24)11-25-17(15)12-26-19(29)27-16-8-4-5-9-18(16)28-14-6-2-1-3-7-14/h1-11H,12H2,(H2,26,27,29). The molecule has 0 saturated heterocycles. The van der Waals surface area contributed by atoms with Gasteiger partial charge in [0.1, 0.15) is 5.75 Å². The average Bonchev–Trinajstić information content (AvgIpc) is 2.68. The van der Waals surface area contributed by atoms with Gasteiger partial charge < -0.3 is 15.4 Å². The highest BCUT2D eigenvalue weighted by atomic mass is 35.5. The number of rotatable bonds is 5. The van der Waals surface area contributed by atoms with Crippen LogP contribution in [0, 0.1) is 0 Å². The van der Waals surface area contributed by atoms with E-state index in [1.807, 2.05) is 42.5 Å². The fourth-order valence-electron chi connectivity index (χ4n) is 2.36. The molecule has 2 aromatic carbocycles. The molecule has 0 radical (unpaired) electrons. The zero-order valence-corrected chi connectivity index (χ0v) is 16.4. The van der Waals surface area contributed by atoms with Crippen molar-refractivity contribution in [2.45, 2.75) is 12.7 Å². The van der Waals surface area contributed by atoms with E-state index in [-0.39, 0.29) is 22.4 Å². The first-order valence-electron chi connectivity index (χ1n) is 8.41. The fourth-order valence-corrected chi connectivity index (χ4v) is 2.77. The average molecular weight is 438 g/mol. The predicted molar refractivity (Wildman–Crippen MR) is 110 cm³/mol. The molecule has 0 unspecified atom stereocenters. The van der Waals surface area contributed by atoms with Gasteiger partial charge in [-0.25, -0.2) is 0 Å². The molecule has 3 rings (SSSR count). The minimum absolute atomic E-state index is 0.0600. The van der Waals surface area contributed by atoms with Crippen molar-refractivity contribution >= 4 is 34.6 Å². The summed E-state index contributed by atoms with van der Waals surface area (Å²) >= 11 is 11.2. The Kier molecular flexibility index (Phi) is 6.56. The lowest BCUT2D eigenvalue weighted by Crippen LogP contribution is -2.28. The molecule has 0 aliphatic rings. The van der Waals surface area contributed by atoms with E-state index in [9.17, 15) is 13.2 Å². The molecular weight excluding hydrogens is 423 g/mol. The lowest BCUT2D eigenvalue weighted by atomic mass is 10.2. The van der Waals surface area contributed by atoms with Gasteiger partial charge >= 0.3 is 6.18 Å². The first-order valence-corrected chi connectivity index (χ1v) is 9.20. The number of nitrogens with one attached hydrogen (secondary N) is 2. The summed E-state index contributed by atoms with van der Waals surface area (Å²) in [6, 6.07) is 17.3. The van der Waals surface area contributed by atoms with Gasteiger partial charge in [-0.05, 0) is 42.5 Å². The molecule has 0 atom stereocenters. The highest BCUT2D eigenvalue weighted by Gasteiger charge is 2.31. The smallest absolute Gasteiger partial charge is 0.417 e. The van der Waals surface area contributed by atoms with Crippen LogP contribution in [0.1, 0.15) is 11.3 Å². The van der Waals surface area contributed by atoms with E-state index in [4.69, 9.17) is 28.6 Å². The third-order valence-electron chi connectivity index (χ3n) is 3.77. The van der Waals surface area contributed by atoms with Crippen molar-refractivity contribution in [1.82, 2.24) is 10.3 Å². The number of hydrogen-bond acceptors (Lipinski definition) is 3. The normalized spacial score (nSPS) is 11.0. The maximum Gasteiger partial charge on any atom is 0.417 e. The Labute approximate surface area is 175 Å². The van der Waals surface area contributed by atoms with Crippen LogP contribution in [-0.2, 0) is 12.7 Å². The van der Waals surface area contributed by atoms with Crippen molar-refractivity contribution in [3.8, 4) is 11.5 Å². The summed E-state index contributed by atoms with van der Waals surface area (Å²) in [6.45, 7) is 0.0600. The van der Waals surface area contributed by atoms with Crippen LogP contribution in [-0.4, -0.2) is 10.1 Å². The third-order valence-corrected chi connectivity index (χ3v) is 4.34. The number of para-hydroxylation sites is 3. The number of anilines is 1. The number of pyridine rings is 1. The van der Waals surface area contributed by atoms with Crippen LogP contribution in [0.25, 0.3) is 0 Å². The van der Waals surface area contributed by atoms with Gasteiger partial charge in [-0.3, -0.25) is 4.98 Å². The molecule has 150 valence electrons. The van der Waals surface area contributed by atoms with Crippen LogP contribution >= 0.6 is 23.8 Å². The molecule has 0 bridgehead atoms. The molecule has 0 saturated carbocycles. The summed E-state index contributed by atoms with van der Waals surface area (Å²) in [5.41, 5.74) is -0.0306. The summed E-state index contributed by atoms with van der Waals surface area (Å²) < 4.78 is 43.9. The van der Waals surface area contributed by atoms with Gasteiger partial charge in [0, 0.05) is 6.20 Å². The number of thiocarbonyl (C=S) groups is 1. The summed E-state index contributed by atoms with van der Waals surface area (Å²) in [5.74, 6) is 1.23. The maximum absolute atomic E-state index is 12.7. The highest BCUT2D eigenvalue weighted by Crippen LogP contribution is 2.31. The van der Waals surface area contributed by atoms with Crippen LogP contribution in [0.3, 0.4) is 0 Å². The van der Waals surface area contributed by atoms with Gasteiger partial charge in [0.15, 0.2) is 10.9 Å². The molecule has 3 aromatic rings. The Bertz CT molecular complexity index is 1000. The topological polar surface area (TPSA) is 46.2 Å². The zero-order valence-electron chi connectivity index (χ0n) is 14.8. The van der Waals surface area contributed by atoms with Crippen molar-refractivity contribution in [2.75, 3.05) is 5.32 Å². The number of alkyl halides is 3. The summed E-state index contributed by atoms with van der Waals surface area (Å²) in [5, 5.41) is 6.02. The van der Waals surface area contributed by atoms with Gasteiger partial charge in [-0.15, -0.1) is 0 Å². The zero-order chi connectivity index (χ0) is 20.9. The van der Waals surface area contributed by atoms with Gasteiger partial charge in [-0.2, -0.15) is 13.2 Å². The lowest BCUT2D eigenvalue weighted by molar-refractivity contribution is -0.137. The number of aromatic nitrogens is 1. The Morgan fingerprint density at radius 1 is 1.07 bits per heavy atom. The van der Waals surface area contributed by atoms with Gasteiger partial charge in [-0.1, -0.05) is 41.9 Å². The quantitative estimate of drug-likeness (QED) is 0.477. The molecule has 0 aliphatic carbocycles. The molecule has 0 fully saturated rings. The summed E-state index contributed by atoms with van der Waals surface area (Å²) in [6.07, 6.45) is -3.76. The van der Waals surface area contributed by atoms with Crippen LogP contribution in [0.15, 0.2) is 66.9 Å². The van der Waals surface area contributed by atoms with E-state index in [2.05, 4.69) is 15.6 Å².